The number of likely N-dealkylation sites (tertiary alicyclic amines) is 1. The van der Waals surface area contributed by atoms with Crippen LogP contribution in [0.1, 0.15) is 18.4 Å². The molecular weight excluding hydrogens is 230 g/mol. The minimum absolute atomic E-state index is 0.334. The Hall–Kier alpha value is -0.940. The molecule has 0 aliphatic carbocycles. The third-order valence-electron chi connectivity index (χ3n) is 3.58. The van der Waals surface area contributed by atoms with E-state index in [-0.39, 0.29) is 0 Å². The number of aliphatic hydroxyl groups is 3. The van der Waals surface area contributed by atoms with Gasteiger partial charge in [-0.2, -0.15) is 0 Å². The lowest BCUT2D eigenvalue weighted by atomic mass is 9.97. The zero-order valence-electron chi connectivity index (χ0n) is 10.6. The molecule has 3 N–H and O–H groups in total. The zero-order chi connectivity index (χ0) is 13.1. The molecule has 18 heavy (non-hydrogen) atoms. The Kier molecular flexibility index (Phi) is 4.35. The molecule has 4 nitrogen and oxygen atoms in total. The van der Waals surface area contributed by atoms with Gasteiger partial charge in [-0.05, 0) is 11.5 Å². The van der Waals surface area contributed by atoms with E-state index >= 15 is 0 Å². The van der Waals surface area contributed by atoms with Crippen molar-refractivity contribution in [2.75, 3.05) is 19.6 Å². The molecule has 3 atom stereocenters. The van der Waals surface area contributed by atoms with Crippen LogP contribution in [0.3, 0.4) is 0 Å². The van der Waals surface area contributed by atoms with Crippen LogP contribution in [-0.4, -0.2) is 58.2 Å². The highest BCUT2D eigenvalue weighted by Gasteiger charge is 2.33. The van der Waals surface area contributed by atoms with Crippen molar-refractivity contribution in [1.82, 2.24) is 4.90 Å². The van der Waals surface area contributed by atoms with Gasteiger partial charge in [0.25, 0.3) is 0 Å². The Morgan fingerprint density at radius 3 is 2.22 bits per heavy atom. The summed E-state index contributed by atoms with van der Waals surface area (Å²) in [5, 5.41) is 28.8. The first kappa shape index (κ1) is 13.5. The van der Waals surface area contributed by atoms with E-state index in [1.807, 2.05) is 23.1 Å². The van der Waals surface area contributed by atoms with Crippen LogP contribution in [-0.2, 0) is 0 Å². The smallest absolute Gasteiger partial charge is 0.108 e. The van der Waals surface area contributed by atoms with Crippen molar-refractivity contribution in [3.63, 3.8) is 0 Å². The monoisotopic (exact) mass is 251 g/mol. The average Bonchev–Trinajstić information content (AvgIpc) is 2.37. The molecule has 0 bridgehead atoms. The van der Waals surface area contributed by atoms with Crippen molar-refractivity contribution in [1.29, 1.82) is 0 Å². The Bertz CT molecular complexity index is 359. The summed E-state index contributed by atoms with van der Waals surface area (Å²) in [6.45, 7) is 3.72. The van der Waals surface area contributed by atoms with Gasteiger partial charge < -0.3 is 15.3 Å². The standard InChI is InChI=1S/C14H21NO3/c1-10(11-5-3-2-4-6-11)7-15-8-12(16)14(18)13(17)9-15/h2-6,10,12-14,16-18H,7-9H2,1H3/t10-,12?,13?,14?/m0/s1. The number of hydrogen-bond donors (Lipinski definition) is 3. The van der Waals surface area contributed by atoms with Crippen LogP contribution < -0.4 is 0 Å². The van der Waals surface area contributed by atoms with Crippen LogP contribution in [0.15, 0.2) is 30.3 Å². The van der Waals surface area contributed by atoms with E-state index in [9.17, 15) is 15.3 Å². The molecular formula is C14H21NO3. The summed E-state index contributed by atoms with van der Waals surface area (Å²) in [7, 11) is 0. The third kappa shape index (κ3) is 3.09. The first-order chi connectivity index (χ1) is 8.58. The van der Waals surface area contributed by atoms with Gasteiger partial charge in [-0.15, -0.1) is 0 Å². The van der Waals surface area contributed by atoms with Crippen molar-refractivity contribution in [2.45, 2.75) is 31.2 Å². The maximum atomic E-state index is 9.65. The molecule has 0 saturated carbocycles. The second-order valence-electron chi connectivity index (χ2n) is 5.16. The molecule has 0 radical (unpaired) electrons. The molecule has 1 saturated heterocycles. The molecule has 0 aromatic heterocycles. The summed E-state index contributed by atoms with van der Waals surface area (Å²) in [5.41, 5.74) is 1.24. The molecule has 2 rings (SSSR count). The number of aliphatic hydroxyl groups excluding tert-OH is 3. The second-order valence-corrected chi connectivity index (χ2v) is 5.16. The van der Waals surface area contributed by atoms with Crippen molar-refractivity contribution in [3.8, 4) is 0 Å². The first-order valence-electron chi connectivity index (χ1n) is 6.39. The van der Waals surface area contributed by atoms with Gasteiger partial charge in [-0.25, -0.2) is 0 Å². The van der Waals surface area contributed by atoms with Crippen LogP contribution in [0.2, 0.25) is 0 Å². The normalized spacial score (nSPS) is 31.2. The number of hydrogen-bond acceptors (Lipinski definition) is 4. The zero-order valence-corrected chi connectivity index (χ0v) is 10.6. The van der Waals surface area contributed by atoms with Gasteiger partial charge in [0.05, 0.1) is 12.2 Å². The number of nitrogens with zero attached hydrogens (tertiary/aromatic N) is 1. The van der Waals surface area contributed by atoms with E-state index < -0.39 is 18.3 Å². The van der Waals surface area contributed by atoms with Gasteiger partial charge in [-0.1, -0.05) is 37.3 Å². The van der Waals surface area contributed by atoms with Crippen LogP contribution >= 0.6 is 0 Å². The molecule has 1 aliphatic heterocycles. The van der Waals surface area contributed by atoms with Crippen LogP contribution in [0.5, 0.6) is 0 Å². The lowest BCUT2D eigenvalue weighted by Gasteiger charge is -2.38. The first-order valence-corrected chi connectivity index (χ1v) is 6.39. The van der Waals surface area contributed by atoms with Gasteiger partial charge in [0, 0.05) is 19.6 Å². The highest BCUT2D eigenvalue weighted by Crippen LogP contribution is 2.19. The molecule has 0 amide bonds. The van der Waals surface area contributed by atoms with E-state index in [1.54, 1.807) is 0 Å². The van der Waals surface area contributed by atoms with E-state index in [0.29, 0.717) is 19.0 Å². The van der Waals surface area contributed by atoms with Crippen LogP contribution in [0, 0.1) is 0 Å². The Balaban J connectivity index is 1.94. The maximum absolute atomic E-state index is 9.65. The molecule has 2 unspecified atom stereocenters. The van der Waals surface area contributed by atoms with Gasteiger partial charge in [0.2, 0.25) is 0 Å². The van der Waals surface area contributed by atoms with Crippen molar-refractivity contribution >= 4 is 0 Å². The average molecular weight is 251 g/mol. The number of benzene rings is 1. The predicted octanol–water partition coefficient (Wildman–Crippen LogP) is 0.188. The van der Waals surface area contributed by atoms with Crippen molar-refractivity contribution < 1.29 is 15.3 Å². The van der Waals surface area contributed by atoms with Gasteiger partial charge in [0.15, 0.2) is 0 Å². The van der Waals surface area contributed by atoms with Gasteiger partial charge in [0.1, 0.15) is 6.10 Å². The molecule has 4 heteroatoms. The summed E-state index contributed by atoms with van der Waals surface area (Å²) in [4.78, 5) is 2.00. The highest BCUT2D eigenvalue weighted by atomic mass is 16.4. The minimum Gasteiger partial charge on any atom is -0.389 e. The molecule has 1 heterocycles. The Morgan fingerprint density at radius 2 is 1.67 bits per heavy atom. The fourth-order valence-electron chi connectivity index (χ4n) is 2.50. The number of β-amino-alcohol motifs (C(OH)–C–C–N with tert-alkyl or cyclic N) is 2. The molecule has 1 aromatic rings. The fourth-order valence-corrected chi connectivity index (χ4v) is 2.50. The maximum Gasteiger partial charge on any atom is 0.108 e. The van der Waals surface area contributed by atoms with E-state index in [2.05, 4.69) is 19.1 Å². The molecule has 1 aromatic carbocycles. The van der Waals surface area contributed by atoms with E-state index in [0.717, 1.165) is 6.54 Å². The fraction of sp³-hybridized carbons (Fsp3) is 0.571. The predicted molar refractivity (Wildman–Crippen MR) is 69.3 cm³/mol. The lowest BCUT2D eigenvalue weighted by Crippen LogP contribution is -2.55. The van der Waals surface area contributed by atoms with Gasteiger partial charge >= 0.3 is 0 Å². The van der Waals surface area contributed by atoms with E-state index in [4.69, 9.17) is 0 Å². The molecule has 1 aliphatic rings. The van der Waals surface area contributed by atoms with Crippen LogP contribution in [0.25, 0.3) is 0 Å². The minimum atomic E-state index is -1.02. The van der Waals surface area contributed by atoms with E-state index in [1.165, 1.54) is 5.56 Å². The van der Waals surface area contributed by atoms with Crippen LogP contribution in [0.4, 0.5) is 0 Å². The van der Waals surface area contributed by atoms with Crippen molar-refractivity contribution in [2.24, 2.45) is 0 Å². The third-order valence-corrected chi connectivity index (χ3v) is 3.58. The highest BCUT2D eigenvalue weighted by molar-refractivity contribution is 5.19. The lowest BCUT2D eigenvalue weighted by molar-refractivity contribution is -0.110. The Labute approximate surface area is 107 Å². The second kappa shape index (κ2) is 5.80. The summed E-state index contributed by atoms with van der Waals surface area (Å²) in [6, 6.07) is 10.2. The number of piperidine rings is 1. The summed E-state index contributed by atoms with van der Waals surface area (Å²) < 4.78 is 0. The molecule has 100 valence electrons. The number of rotatable bonds is 3. The summed E-state index contributed by atoms with van der Waals surface area (Å²) in [6.07, 6.45) is -2.75. The molecule has 0 spiro atoms. The summed E-state index contributed by atoms with van der Waals surface area (Å²) in [5.74, 6) is 0.334. The SMILES string of the molecule is C[C@@H](CN1CC(O)C(O)C(O)C1)c1ccccc1. The molecule has 1 fully saturated rings. The largest absolute Gasteiger partial charge is 0.389 e. The Morgan fingerprint density at radius 1 is 1.11 bits per heavy atom. The topological polar surface area (TPSA) is 63.9 Å². The summed E-state index contributed by atoms with van der Waals surface area (Å²) >= 11 is 0. The van der Waals surface area contributed by atoms with Crippen molar-refractivity contribution in [3.05, 3.63) is 35.9 Å². The van der Waals surface area contributed by atoms with Gasteiger partial charge in [-0.3, -0.25) is 4.90 Å². The quantitative estimate of drug-likeness (QED) is 0.717.